The predicted molar refractivity (Wildman–Crippen MR) is 60.4 cm³/mol. The van der Waals surface area contributed by atoms with E-state index in [0.29, 0.717) is 17.0 Å². The van der Waals surface area contributed by atoms with Gasteiger partial charge >= 0.3 is 5.97 Å². The van der Waals surface area contributed by atoms with E-state index in [2.05, 4.69) is 4.72 Å². The molecule has 1 atom stereocenters. The monoisotopic (exact) mass is 227 g/mol. The van der Waals surface area contributed by atoms with Crippen LogP contribution in [0.5, 0.6) is 0 Å². The number of hydrogen-bond acceptors (Lipinski definition) is 2. The SMILES string of the molecule is CCS(=O)Nc1cccc(C(=O)O)c1C. The summed E-state index contributed by atoms with van der Waals surface area (Å²) in [5.74, 6) is -0.491. The number of carboxylic acid groups (broad SMARTS) is 1. The summed E-state index contributed by atoms with van der Waals surface area (Å²) in [7, 11) is -1.15. The Bertz CT molecular complexity index is 404. The van der Waals surface area contributed by atoms with Gasteiger partial charge in [-0.1, -0.05) is 13.0 Å². The molecule has 0 radical (unpaired) electrons. The molecule has 1 unspecified atom stereocenters. The highest BCUT2D eigenvalue weighted by molar-refractivity contribution is 7.86. The van der Waals surface area contributed by atoms with Crippen LogP contribution >= 0.6 is 0 Å². The first kappa shape index (κ1) is 11.7. The number of carboxylic acids is 1. The van der Waals surface area contributed by atoms with Gasteiger partial charge in [0.15, 0.2) is 0 Å². The van der Waals surface area contributed by atoms with Crippen LogP contribution in [0, 0.1) is 6.92 Å². The molecule has 0 aliphatic heterocycles. The van der Waals surface area contributed by atoms with Gasteiger partial charge < -0.3 is 9.83 Å². The molecule has 0 fully saturated rings. The van der Waals surface area contributed by atoms with E-state index in [0.717, 1.165) is 0 Å². The third-order valence-corrected chi connectivity index (χ3v) is 3.02. The molecule has 1 rings (SSSR count). The van der Waals surface area contributed by atoms with Gasteiger partial charge in [0.1, 0.15) is 11.0 Å². The molecular formula is C10H13NO3S. The third-order valence-electron chi connectivity index (χ3n) is 2.05. The second kappa shape index (κ2) is 4.93. The zero-order valence-corrected chi connectivity index (χ0v) is 9.43. The minimum atomic E-state index is -1.15. The van der Waals surface area contributed by atoms with Crippen molar-refractivity contribution in [3.8, 4) is 0 Å². The van der Waals surface area contributed by atoms with Gasteiger partial charge in [-0.3, -0.25) is 0 Å². The first-order chi connectivity index (χ1) is 7.06. The summed E-state index contributed by atoms with van der Waals surface area (Å²) in [6.45, 7) is 3.48. The van der Waals surface area contributed by atoms with E-state index in [-0.39, 0.29) is 5.56 Å². The standard InChI is InChI=1S/C10H13NO3S/c1-3-15(14)11-9-6-4-5-8(7(9)2)10(12)13/h4-6,11H,3H2,1-2H3,(H,12,13). The number of aromatic carboxylic acids is 1. The number of carbonyl (C=O) groups is 1. The molecule has 0 aliphatic carbocycles. The van der Waals surface area contributed by atoms with Crippen molar-refractivity contribution in [2.75, 3.05) is 10.5 Å². The van der Waals surface area contributed by atoms with Crippen LogP contribution in [0.2, 0.25) is 0 Å². The van der Waals surface area contributed by atoms with E-state index in [1.54, 1.807) is 26.0 Å². The van der Waals surface area contributed by atoms with Crippen LogP contribution in [0.15, 0.2) is 18.2 Å². The molecule has 0 aromatic heterocycles. The number of nitrogens with one attached hydrogen (secondary N) is 1. The van der Waals surface area contributed by atoms with Crippen LogP contribution in [-0.4, -0.2) is 21.0 Å². The maximum atomic E-state index is 11.3. The highest BCUT2D eigenvalue weighted by Crippen LogP contribution is 2.19. The summed E-state index contributed by atoms with van der Waals surface area (Å²) in [4.78, 5) is 10.8. The highest BCUT2D eigenvalue weighted by Gasteiger charge is 2.10. The maximum Gasteiger partial charge on any atom is 0.336 e. The summed E-state index contributed by atoms with van der Waals surface area (Å²) in [6, 6.07) is 4.87. The molecule has 1 aromatic rings. The molecule has 1 aromatic carbocycles. The lowest BCUT2D eigenvalue weighted by Crippen LogP contribution is -2.09. The van der Waals surface area contributed by atoms with Crippen molar-refractivity contribution in [3.05, 3.63) is 29.3 Å². The fraction of sp³-hybridized carbons (Fsp3) is 0.300. The van der Waals surface area contributed by atoms with Crippen molar-refractivity contribution >= 4 is 22.6 Å². The van der Waals surface area contributed by atoms with Crippen LogP contribution in [0.4, 0.5) is 5.69 Å². The average Bonchev–Trinajstić information content (AvgIpc) is 2.20. The zero-order valence-electron chi connectivity index (χ0n) is 8.61. The Morgan fingerprint density at radius 3 is 2.73 bits per heavy atom. The van der Waals surface area contributed by atoms with E-state index in [1.807, 2.05) is 0 Å². The largest absolute Gasteiger partial charge is 0.478 e. The third kappa shape index (κ3) is 2.79. The molecule has 15 heavy (non-hydrogen) atoms. The lowest BCUT2D eigenvalue weighted by atomic mass is 10.1. The van der Waals surface area contributed by atoms with Crippen molar-refractivity contribution in [1.82, 2.24) is 0 Å². The molecular weight excluding hydrogens is 214 g/mol. The van der Waals surface area contributed by atoms with Crippen molar-refractivity contribution < 1.29 is 14.1 Å². The lowest BCUT2D eigenvalue weighted by Gasteiger charge is -2.09. The summed E-state index contributed by atoms with van der Waals surface area (Å²) in [5, 5.41) is 8.88. The van der Waals surface area contributed by atoms with E-state index in [9.17, 15) is 9.00 Å². The molecule has 0 bridgehead atoms. The van der Waals surface area contributed by atoms with Crippen molar-refractivity contribution in [2.45, 2.75) is 13.8 Å². The predicted octanol–water partition coefficient (Wildman–Crippen LogP) is 1.79. The molecule has 0 heterocycles. The summed E-state index contributed by atoms with van der Waals surface area (Å²) >= 11 is 0. The Morgan fingerprint density at radius 2 is 2.20 bits per heavy atom. The normalized spacial score (nSPS) is 12.1. The van der Waals surface area contributed by atoms with Crippen LogP contribution in [0.3, 0.4) is 0 Å². The number of anilines is 1. The average molecular weight is 227 g/mol. The number of hydrogen-bond donors (Lipinski definition) is 2. The second-order valence-electron chi connectivity index (χ2n) is 3.02. The van der Waals surface area contributed by atoms with Gasteiger partial charge in [0.2, 0.25) is 0 Å². The molecule has 0 saturated carbocycles. The molecule has 0 aliphatic rings. The topological polar surface area (TPSA) is 66.4 Å². The fourth-order valence-electron chi connectivity index (χ4n) is 1.17. The van der Waals surface area contributed by atoms with E-state index < -0.39 is 17.0 Å². The highest BCUT2D eigenvalue weighted by atomic mass is 32.2. The quantitative estimate of drug-likeness (QED) is 0.824. The van der Waals surface area contributed by atoms with Crippen LogP contribution in [-0.2, 0) is 11.0 Å². The van der Waals surface area contributed by atoms with Gasteiger partial charge in [0.25, 0.3) is 0 Å². The molecule has 0 spiro atoms. The van der Waals surface area contributed by atoms with Crippen LogP contribution in [0.1, 0.15) is 22.8 Å². The zero-order chi connectivity index (χ0) is 11.4. The molecule has 5 heteroatoms. The Balaban J connectivity index is 3.04. The fourth-order valence-corrected chi connectivity index (χ4v) is 1.78. The molecule has 2 N–H and O–H groups in total. The molecule has 0 amide bonds. The van der Waals surface area contributed by atoms with Gasteiger partial charge in [-0.15, -0.1) is 0 Å². The second-order valence-corrected chi connectivity index (χ2v) is 4.49. The molecule has 0 saturated heterocycles. The van der Waals surface area contributed by atoms with Gasteiger partial charge in [0.05, 0.1) is 11.3 Å². The summed E-state index contributed by atoms with van der Waals surface area (Å²) in [6.07, 6.45) is 0. The molecule has 4 nitrogen and oxygen atoms in total. The Hall–Kier alpha value is -1.36. The van der Waals surface area contributed by atoms with Gasteiger partial charge in [-0.2, -0.15) is 0 Å². The Kier molecular flexibility index (Phi) is 3.85. The Morgan fingerprint density at radius 1 is 1.53 bits per heavy atom. The number of rotatable bonds is 4. The van der Waals surface area contributed by atoms with Gasteiger partial charge in [-0.05, 0) is 24.6 Å². The maximum absolute atomic E-state index is 11.3. The van der Waals surface area contributed by atoms with E-state index in [1.165, 1.54) is 6.07 Å². The van der Waals surface area contributed by atoms with Gasteiger partial charge in [-0.25, -0.2) is 9.00 Å². The summed E-state index contributed by atoms with van der Waals surface area (Å²) in [5.41, 5.74) is 1.44. The minimum absolute atomic E-state index is 0.230. The van der Waals surface area contributed by atoms with E-state index in [4.69, 9.17) is 5.11 Å². The van der Waals surface area contributed by atoms with E-state index >= 15 is 0 Å². The number of benzene rings is 1. The minimum Gasteiger partial charge on any atom is -0.478 e. The summed E-state index contributed by atoms with van der Waals surface area (Å²) < 4.78 is 14.0. The first-order valence-corrected chi connectivity index (χ1v) is 5.86. The van der Waals surface area contributed by atoms with Crippen LogP contribution in [0.25, 0.3) is 0 Å². The first-order valence-electron chi connectivity index (χ1n) is 4.54. The Labute approximate surface area is 90.9 Å². The van der Waals surface area contributed by atoms with Crippen molar-refractivity contribution in [2.24, 2.45) is 0 Å². The lowest BCUT2D eigenvalue weighted by molar-refractivity contribution is 0.0696. The molecule has 82 valence electrons. The van der Waals surface area contributed by atoms with Crippen LogP contribution < -0.4 is 4.72 Å². The van der Waals surface area contributed by atoms with Crippen molar-refractivity contribution in [1.29, 1.82) is 0 Å². The smallest absolute Gasteiger partial charge is 0.336 e. The van der Waals surface area contributed by atoms with Gasteiger partial charge in [0, 0.05) is 5.75 Å². The van der Waals surface area contributed by atoms with Crippen molar-refractivity contribution in [3.63, 3.8) is 0 Å².